The first-order chi connectivity index (χ1) is 16.2. The Bertz CT molecular complexity index is 1070. The van der Waals surface area contributed by atoms with Crippen LogP contribution < -0.4 is 4.74 Å². The van der Waals surface area contributed by atoms with E-state index in [9.17, 15) is 18.0 Å². The van der Waals surface area contributed by atoms with Crippen LogP contribution in [0.25, 0.3) is 11.6 Å². The summed E-state index contributed by atoms with van der Waals surface area (Å²) in [5.74, 6) is 0.209. The predicted octanol–water partition coefficient (Wildman–Crippen LogP) is 7.42. The van der Waals surface area contributed by atoms with Crippen molar-refractivity contribution in [3.05, 3.63) is 76.4 Å². The maximum Gasteiger partial charge on any atom is 0.417 e. The molecule has 2 aromatic carbocycles. The first-order valence-corrected chi connectivity index (χ1v) is 11.7. The van der Waals surface area contributed by atoms with Crippen molar-refractivity contribution in [3.63, 3.8) is 0 Å². The topological polar surface area (TPSA) is 35.5 Å². The number of esters is 1. The van der Waals surface area contributed by atoms with Crippen LogP contribution in [0.4, 0.5) is 13.2 Å². The fraction of sp³-hybridized carbons (Fsp3) is 0.393. The van der Waals surface area contributed by atoms with Crippen molar-refractivity contribution in [1.29, 1.82) is 0 Å². The Morgan fingerprint density at radius 3 is 2.59 bits per heavy atom. The zero-order chi connectivity index (χ0) is 24.7. The minimum atomic E-state index is -4.41. The van der Waals surface area contributed by atoms with Gasteiger partial charge in [-0.15, -0.1) is 0 Å². The number of aryl methyl sites for hydroxylation is 2. The van der Waals surface area contributed by atoms with Gasteiger partial charge in [-0.2, -0.15) is 13.2 Å². The lowest BCUT2D eigenvalue weighted by molar-refractivity contribution is -0.139. The van der Waals surface area contributed by atoms with E-state index in [1.807, 2.05) is 31.2 Å². The van der Waals surface area contributed by atoms with Crippen LogP contribution in [0, 0.1) is 0 Å². The molecule has 6 heteroatoms. The van der Waals surface area contributed by atoms with E-state index in [1.165, 1.54) is 6.07 Å². The molecule has 0 aromatic heterocycles. The Hall–Kier alpha value is -3.02. The highest BCUT2D eigenvalue weighted by molar-refractivity contribution is 5.87. The van der Waals surface area contributed by atoms with Gasteiger partial charge in [0.25, 0.3) is 0 Å². The third-order valence-electron chi connectivity index (χ3n) is 5.75. The molecule has 34 heavy (non-hydrogen) atoms. The molecule has 0 spiro atoms. The number of rotatable bonds is 9. The second-order valence-electron chi connectivity index (χ2n) is 8.63. The van der Waals surface area contributed by atoms with Crippen molar-refractivity contribution in [3.8, 4) is 5.75 Å². The molecule has 1 aliphatic rings. The summed E-state index contributed by atoms with van der Waals surface area (Å²) in [5, 5.41) is 0. The maximum atomic E-state index is 13.9. The Morgan fingerprint density at radius 1 is 1.09 bits per heavy atom. The van der Waals surface area contributed by atoms with Crippen molar-refractivity contribution in [2.75, 3.05) is 13.2 Å². The lowest BCUT2D eigenvalue weighted by Gasteiger charge is -2.17. The largest absolute Gasteiger partial charge is 0.493 e. The molecule has 0 radical (unpaired) electrons. The quantitative estimate of drug-likeness (QED) is 0.216. The lowest BCUT2D eigenvalue weighted by atomic mass is 9.93. The molecular weight excluding hydrogens is 441 g/mol. The monoisotopic (exact) mass is 472 g/mol. The van der Waals surface area contributed by atoms with Crippen LogP contribution in [-0.2, 0) is 28.5 Å². The van der Waals surface area contributed by atoms with E-state index in [0.717, 1.165) is 30.4 Å². The summed E-state index contributed by atoms with van der Waals surface area (Å²) in [6, 6.07) is 10.4. The Morgan fingerprint density at radius 2 is 1.88 bits per heavy atom. The maximum absolute atomic E-state index is 13.9. The summed E-state index contributed by atoms with van der Waals surface area (Å²) in [6.07, 6.45) is 1.56. The molecule has 0 saturated heterocycles. The van der Waals surface area contributed by atoms with Crippen LogP contribution in [0.3, 0.4) is 0 Å². The van der Waals surface area contributed by atoms with Gasteiger partial charge < -0.3 is 9.47 Å². The molecule has 0 saturated carbocycles. The fourth-order valence-electron chi connectivity index (χ4n) is 4.05. The number of hydrogen-bond donors (Lipinski definition) is 0. The zero-order valence-electron chi connectivity index (χ0n) is 19.8. The Balaban J connectivity index is 1.79. The number of benzene rings is 2. The number of allylic oxidation sites excluding steroid dienone is 1. The highest BCUT2D eigenvalue weighted by Gasteiger charge is 2.34. The van der Waals surface area contributed by atoms with Crippen LogP contribution in [0.5, 0.6) is 5.75 Å². The normalized spacial score (nSPS) is 13.5. The van der Waals surface area contributed by atoms with Crippen LogP contribution >= 0.6 is 0 Å². The number of carbonyl (C=O) groups excluding carboxylic acids is 1. The van der Waals surface area contributed by atoms with Gasteiger partial charge in [0.15, 0.2) is 0 Å². The smallest absolute Gasteiger partial charge is 0.417 e. The van der Waals surface area contributed by atoms with Gasteiger partial charge >= 0.3 is 12.1 Å². The molecule has 2 aromatic rings. The number of halogens is 3. The highest BCUT2D eigenvalue weighted by atomic mass is 19.4. The number of alkyl halides is 3. The summed E-state index contributed by atoms with van der Waals surface area (Å²) < 4.78 is 52.5. The lowest BCUT2D eigenvalue weighted by Crippen LogP contribution is -2.10. The third kappa shape index (κ3) is 6.75. The summed E-state index contributed by atoms with van der Waals surface area (Å²) >= 11 is 0. The summed E-state index contributed by atoms with van der Waals surface area (Å²) in [6.45, 7) is 7.67. The van der Waals surface area contributed by atoms with Crippen molar-refractivity contribution in [2.45, 2.75) is 58.5 Å². The first-order valence-electron chi connectivity index (χ1n) is 11.7. The molecule has 0 N–H and O–H groups in total. The van der Waals surface area contributed by atoms with E-state index < -0.39 is 17.7 Å². The van der Waals surface area contributed by atoms with Crippen molar-refractivity contribution >= 4 is 17.6 Å². The molecule has 0 fully saturated rings. The summed E-state index contributed by atoms with van der Waals surface area (Å²) in [7, 11) is 0. The average Bonchev–Trinajstić information content (AvgIpc) is 3.00. The molecule has 0 unspecified atom stereocenters. The molecule has 0 atom stereocenters. The van der Waals surface area contributed by atoms with E-state index in [1.54, 1.807) is 19.1 Å². The van der Waals surface area contributed by atoms with E-state index in [0.29, 0.717) is 48.3 Å². The number of carbonyl (C=O) groups is 1. The molecule has 0 aliphatic heterocycles. The average molecular weight is 473 g/mol. The molecule has 182 valence electrons. The van der Waals surface area contributed by atoms with Gasteiger partial charge in [-0.05, 0) is 78.6 Å². The fourth-order valence-corrected chi connectivity index (χ4v) is 4.05. The SMILES string of the molecule is C=C(C)C(=O)OCCCOc1ccc2c(c1)C=C(c1ccc(CCC)cc1C(F)(F)F)CCC2. The molecule has 0 heterocycles. The van der Waals surface area contributed by atoms with Crippen molar-refractivity contribution < 1.29 is 27.4 Å². The molecular formula is C28H31F3O3. The van der Waals surface area contributed by atoms with Crippen LogP contribution in [-0.4, -0.2) is 19.2 Å². The van der Waals surface area contributed by atoms with E-state index >= 15 is 0 Å². The number of ether oxygens (including phenoxy) is 2. The van der Waals surface area contributed by atoms with E-state index in [2.05, 4.69) is 6.58 Å². The standard InChI is InChI=1S/C28H31F3O3/c1-4-7-20-10-13-25(26(16-20)28(29,30)31)22-9-5-8-21-11-12-24(18-23(21)17-22)33-14-6-15-34-27(32)19(2)3/h10-13,16-18H,2,4-9,14-15H2,1,3H3. The third-order valence-corrected chi connectivity index (χ3v) is 5.75. The zero-order valence-corrected chi connectivity index (χ0v) is 19.8. The molecule has 0 bridgehead atoms. The minimum absolute atomic E-state index is 0.231. The van der Waals surface area contributed by atoms with E-state index in [-0.39, 0.29) is 12.2 Å². The van der Waals surface area contributed by atoms with Gasteiger partial charge in [-0.25, -0.2) is 4.79 Å². The second kappa shape index (κ2) is 11.4. The highest BCUT2D eigenvalue weighted by Crippen LogP contribution is 2.39. The minimum Gasteiger partial charge on any atom is -0.493 e. The van der Waals surface area contributed by atoms with Crippen LogP contribution in [0.15, 0.2) is 48.6 Å². The number of hydrogen-bond acceptors (Lipinski definition) is 3. The van der Waals surface area contributed by atoms with Gasteiger partial charge in [-0.1, -0.05) is 44.2 Å². The number of fused-ring (bicyclic) bond motifs is 1. The van der Waals surface area contributed by atoms with Crippen molar-refractivity contribution in [2.24, 2.45) is 0 Å². The van der Waals surface area contributed by atoms with Gasteiger partial charge in [0.05, 0.1) is 18.8 Å². The molecule has 1 aliphatic carbocycles. The summed E-state index contributed by atoms with van der Waals surface area (Å²) in [5.41, 5.74) is 3.41. The Labute approximate surface area is 199 Å². The van der Waals surface area contributed by atoms with Gasteiger partial charge in [0.1, 0.15) is 5.75 Å². The van der Waals surface area contributed by atoms with Crippen molar-refractivity contribution in [1.82, 2.24) is 0 Å². The van der Waals surface area contributed by atoms with E-state index in [4.69, 9.17) is 9.47 Å². The first kappa shape index (κ1) is 25.6. The molecule has 3 nitrogen and oxygen atoms in total. The second-order valence-corrected chi connectivity index (χ2v) is 8.63. The van der Waals surface area contributed by atoms with Gasteiger partial charge in [0.2, 0.25) is 0 Å². The molecule has 3 rings (SSSR count). The van der Waals surface area contributed by atoms with Gasteiger partial charge in [0, 0.05) is 12.0 Å². The predicted molar refractivity (Wildman–Crippen MR) is 129 cm³/mol. The molecule has 0 amide bonds. The summed E-state index contributed by atoms with van der Waals surface area (Å²) in [4.78, 5) is 11.4. The Kier molecular flexibility index (Phi) is 8.59. The van der Waals surface area contributed by atoms with Gasteiger partial charge in [-0.3, -0.25) is 0 Å². The van der Waals surface area contributed by atoms with Crippen LogP contribution in [0.2, 0.25) is 0 Å². The van der Waals surface area contributed by atoms with Crippen LogP contribution in [0.1, 0.15) is 67.3 Å².